The molecule has 0 spiro atoms. The highest BCUT2D eigenvalue weighted by Crippen LogP contribution is 2.36. The van der Waals surface area contributed by atoms with Crippen molar-refractivity contribution in [2.24, 2.45) is 0 Å². The van der Waals surface area contributed by atoms with E-state index in [1.54, 1.807) is 0 Å². The van der Waals surface area contributed by atoms with Crippen LogP contribution in [-0.4, -0.2) is 82.6 Å². The van der Waals surface area contributed by atoms with E-state index in [0.717, 1.165) is 0 Å². The Morgan fingerprint density at radius 2 is 1.75 bits per heavy atom. The number of hydrogen-bond donors (Lipinski definition) is 5. The largest absolute Gasteiger partial charge is 0.491 e. The molecule has 0 saturated heterocycles. The molecule has 0 fully saturated rings. The van der Waals surface area contributed by atoms with Crippen LogP contribution in [0.3, 0.4) is 0 Å². The highest BCUT2D eigenvalue weighted by atomic mass is 32.2. The molecule has 2 atom stereocenters. The third-order valence-electron chi connectivity index (χ3n) is 3.00. The zero-order chi connectivity index (χ0) is 18.5. The molecule has 0 heterocycles. The number of carbonyl (C=O) groups is 2. The molecule has 1 aliphatic rings. The van der Waals surface area contributed by atoms with Crippen LogP contribution in [0.25, 0.3) is 0 Å². The van der Waals surface area contributed by atoms with Crippen LogP contribution in [0.1, 0.15) is 0 Å². The van der Waals surface area contributed by atoms with Crippen molar-refractivity contribution in [2.45, 2.75) is 10.9 Å². The Hall–Kier alpha value is -1.99. The molecule has 0 saturated carbocycles. The Labute approximate surface area is 136 Å². The average Bonchev–Trinajstić information content (AvgIpc) is 2.48. The maximum absolute atomic E-state index is 11.7. The summed E-state index contributed by atoms with van der Waals surface area (Å²) in [6.07, 6.45) is 1.37. The summed E-state index contributed by atoms with van der Waals surface area (Å²) in [4.78, 5) is 23.0. The van der Waals surface area contributed by atoms with E-state index >= 15 is 0 Å². The van der Waals surface area contributed by atoms with Crippen LogP contribution < -0.4 is 0 Å². The number of aliphatic hydroxyl groups excluding tert-OH is 2. The van der Waals surface area contributed by atoms with Gasteiger partial charge in [-0.25, -0.2) is 9.59 Å². The number of carboxylic acids is 2. The molecule has 1 rings (SSSR count). The Kier molecular flexibility index (Phi) is 6.45. The Balaban J connectivity index is 3.61. The van der Waals surface area contributed by atoms with Crippen molar-refractivity contribution in [3.05, 3.63) is 23.5 Å². The van der Waals surface area contributed by atoms with Crippen molar-refractivity contribution in [3.63, 3.8) is 0 Å². The van der Waals surface area contributed by atoms with Crippen molar-refractivity contribution in [1.29, 1.82) is 0 Å². The van der Waals surface area contributed by atoms with E-state index in [1.807, 2.05) is 0 Å². The average molecular weight is 368 g/mol. The van der Waals surface area contributed by atoms with Crippen molar-refractivity contribution in [2.75, 3.05) is 26.4 Å². The molecule has 11 nitrogen and oxygen atoms in total. The van der Waals surface area contributed by atoms with Gasteiger partial charge in [-0.3, -0.25) is 4.55 Å². The van der Waals surface area contributed by atoms with E-state index in [-0.39, 0.29) is 12.4 Å². The van der Waals surface area contributed by atoms with Crippen molar-refractivity contribution in [1.82, 2.24) is 0 Å². The van der Waals surface area contributed by atoms with Gasteiger partial charge in [0.1, 0.15) is 12.4 Å². The first-order valence-electron chi connectivity index (χ1n) is 6.46. The van der Waals surface area contributed by atoms with Crippen LogP contribution in [0, 0.1) is 0 Å². The molecule has 136 valence electrons. The summed E-state index contributed by atoms with van der Waals surface area (Å²) in [7, 11) is -5.23. The maximum atomic E-state index is 11.7. The summed E-state index contributed by atoms with van der Waals surface area (Å²) in [6, 6.07) is 0. The SMILES string of the molecule is O=C(O)C1=CC(OCCO)=CC(OCCO)(C(=O)O)C1S(=O)(=O)O. The molecule has 5 N–H and O–H groups in total. The van der Waals surface area contributed by atoms with Gasteiger partial charge >= 0.3 is 11.9 Å². The second kappa shape index (κ2) is 7.72. The van der Waals surface area contributed by atoms with Crippen LogP contribution in [0.4, 0.5) is 0 Å². The van der Waals surface area contributed by atoms with E-state index < -0.39 is 58.3 Å². The van der Waals surface area contributed by atoms with Crippen molar-refractivity contribution < 1.29 is 52.5 Å². The molecule has 2 unspecified atom stereocenters. The summed E-state index contributed by atoms with van der Waals surface area (Å²) >= 11 is 0. The second-order valence-corrected chi connectivity index (χ2v) is 6.09. The fraction of sp³-hybridized carbons (Fsp3) is 0.500. The number of allylic oxidation sites excluding steroid dienone is 1. The van der Waals surface area contributed by atoms with Crippen molar-refractivity contribution >= 4 is 22.1 Å². The minimum Gasteiger partial charge on any atom is -0.491 e. The molecule has 0 bridgehead atoms. The van der Waals surface area contributed by atoms with Gasteiger partial charge in [-0.1, -0.05) is 0 Å². The quantitative estimate of drug-likeness (QED) is 0.283. The number of aliphatic hydroxyl groups is 2. The zero-order valence-corrected chi connectivity index (χ0v) is 13.0. The van der Waals surface area contributed by atoms with Gasteiger partial charge in [0.2, 0.25) is 5.60 Å². The lowest BCUT2D eigenvalue weighted by Crippen LogP contribution is -2.57. The summed E-state index contributed by atoms with van der Waals surface area (Å²) < 4.78 is 42.5. The van der Waals surface area contributed by atoms with Crippen LogP contribution >= 0.6 is 0 Å². The van der Waals surface area contributed by atoms with Gasteiger partial charge in [0.05, 0.1) is 25.4 Å². The normalized spacial score (nSPS) is 24.0. The summed E-state index contributed by atoms with van der Waals surface area (Å²) in [5.74, 6) is -4.13. The van der Waals surface area contributed by atoms with E-state index in [2.05, 4.69) is 0 Å². The molecular formula is C12H16O11S. The monoisotopic (exact) mass is 368 g/mol. The predicted molar refractivity (Wildman–Crippen MR) is 75.6 cm³/mol. The summed E-state index contributed by atoms with van der Waals surface area (Å²) in [5.41, 5.74) is -3.85. The minimum absolute atomic E-state index is 0.332. The Morgan fingerprint density at radius 1 is 1.17 bits per heavy atom. The van der Waals surface area contributed by atoms with Gasteiger partial charge in [0.15, 0.2) is 5.25 Å². The highest BCUT2D eigenvalue weighted by molar-refractivity contribution is 7.86. The van der Waals surface area contributed by atoms with E-state index in [0.29, 0.717) is 12.2 Å². The van der Waals surface area contributed by atoms with Crippen molar-refractivity contribution in [3.8, 4) is 0 Å². The van der Waals surface area contributed by atoms with Gasteiger partial charge in [-0.2, -0.15) is 8.42 Å². The maximum Gasteiger partial charge on any atom is 0.342 e. The molecule has 0 amide bonds. The minimum atomic E-state index is -5.23. The van der Waals surface area contributed by atoms with E-state index in [1.165, 1.54) is 0 Å². The van der Waals surface area contributed by atoms with Crippen LogP contribution in [0.2, 0.25) is 0 Å². The fourth-order valence-corrected chi connectivity index (χ4v) is 3.33. The zero-order valence-electron chi connectivity index (χ0n) is 12.2. The van der Waals surface area contributed by atoms with E-state index in [4.69, 9.17) is 19.7 Å². The first kappa shape index (κ1) is 20.1. The number of aliphatic carboxylic acids is 2. The van der Waals surface area contributed by atoms with Gasteiger partial charge in [-0.05, 0) is 6.08 Å². The van der Waals surface area contributed by atoms with Gasteiger partial charge in [0, 0.05) is 6.08 Å². The Morgan fingerprint density at radius 3 is 2.17 bits per heavy atom. The lowest BCUT2D eigenvalue weighted by molar-refractivity contribution is -0.160. The topological polar surface area (TPSA) is 188 Å². The Bertz CT molecular complexity index is 662. The third kappa shape index (κ3) is 4.10. The number of carboxylic acid groups (broad SMARTS) is 2. The van der Waals surface area contributed by atoms with Crippen LogP contribution in [0.15, 0.2) is 23.5 Å². The molecule has 1 aliphatic carbocycles. The summed E-state index contributed by atoms with van der Waals surface area (Å²) in [5, 5.41) is 33.7. The first-order chi connectivity index (χ1) is 11.1. The second-order valence-electron chi connectivity index (χ2n) is 4.59. The first-order valence-corrected chi connectivity index (χ1v) is 7.96. The molecule has 0 radical (unpaired) electrons. The molecular weight excluding hydrogens is 352 g/mol. The van der Waals surface area contributed by atoms with Crippen LogP contribution in [-0.2, 0) is 29.2 Å². The highest BCUT2D eigenvalue weighted by Gasteiger charge is 2.57. The molecule has 0 aromatic heterocycles. The standard InChI is InChI=1S/C12H16O11S/c13-1-3-22-7-5-8(10(15)16)9(24(19,20)21)12(6-7,11(17)18)23-4-2-14/h5-6,9,13-14H,1-4H2,(H,15,16)(H,17,18)(H,19,20,21). The third-order valence-corrected chi connectivity index (χ3v) is 4.20. The fourth-order valence-electron chi connectivity index (χ4n) is 2.16. The lowest BCUT2D eigenvalue weighted by Gasteiger charge is -2.35. The van der Waals surface area contributed by atoms with Crippen LogP contribution in [0.5, 0.6) is 0 Å². The molecule has 12 heteroatoms. The van der Waals surface area contributed by atoms with Gasteiger partial charge in [-0.15, -0.1) is 0 Å². The summed E-state index contributed by atoms with van der Waals surface area (Å²) in [6.45, 7) is -2.16. The number of hydrogen-bond acceptors (Lipinski definition) is 8. The van der Waals surface area contributed by atoms with E-state index in [9.17, 15) is 32.8 Å². The molecule has 0 aromatic rings. The molecule has 0 aromatic carbocycles. The molecule has 0 aliphatic heterocycles. The smallest absolute Gasteiger partial charge is 0.342 e. The van der Waals surface area contributed by atoms with Gasteiger partial charge in [0.25, 0.3) is 10.1 Å². The van der Waals surface area contributed by atoms with Gasteiger partial charge < -0.3 is 29.9 Å². The lowest BCUT2D eigenvalue weighted by atomic mass is 9.87. The number of rotatable bonds is 9. The number of ether oxygens (including phenoxy) is 2. The molecule has 24 heavy (non-hydrogen) atoms. The predicted octanol–water partition coefficient (Wildman–Crippen LogP) is -2.01.